The number of carbonyl (C=O) groups excluding carboxylic acids is 1. The molecular weight excluding hydrogens is 286 g/mol. The summed E-state index contributed by atoms with van der Waals surface area (Å²) in [6.07, 6.45) is 2.12. The Morgan fingerprint density at radius 2 is 1.90 bits per heavy atom. The van der Waals surface area contributed by atoms with Gasteiger partial charge in [0, 0.05) is 18.7 Å². The van der Waals surface area contributed by atoms with Crippen molar-refractivity contribution in [2.45, 2.75) is 19.8 Å². The molecule has 0 unspecified atom stereocenters. The highest BCUT2D eigenvalue weighted by Gasteiger charge is 2.24. The quantitative estimate of drug-likeness (QED) is 0.820. The van der Waals surface area contributed by atoms with Gasteiger partial charge >= 0.3 is 0 Å². The van der Waals surface area contributed by atoms with E-state index >= 15 is 0 Å². The lowest BCUT2D eigenvalue weighted by Gasteiger charge is -2.29. The van der Waals surface area contributed by atoms with Crippen molar-refractivity contribution in [2.75, 3.05) is 13.1 Å². The molecule has 1 aliphatic rings. The van der Waals surface area contributed by atoms with E-state index < -0.39 is 0 Å². The van der Waals surface area contributed by atoms with Gasteiger partial charge in [-0.25, -0.2) is 0 Å². The van der Waals surface area contributed by atoms with Crippen LogP contribution in [0, 0.1) is 5.92 Å². The SMILES string of the molecule is CC1CCN(C(=O)c2ccc(-c3ccccc3Cl)o2)CC1. The van der Waals surface area contributed by atoms with Crippen molar-refractivity contribution in [3.8, 4) is 11.3 Å². The van der Waals surface area contributed by atoms with E-state index in [-0.39, 0.29) is 5.91 Å². The predicted octanol–water partition coefficient (Wildman–Crippen LogP) is 4.47. The first-order chi connectivity index (χ1) is 10.1. The Bertz CT molecular complexity index is 642. The molecule has 0 bridgehead atoms. The summed E-state index contributed by atoms with van der Waals surface area (Å²) in [6.45, 7) is 3.84. The maximum absolute atomic E-state index is 12.4. The van der Waals surface area contributed by atoms with Crippen LogP contribution in [0.4, 0.5) is 0 Å². The maximum atomic E-state index is 12.4. The average molecular weight is 304 g/mol. The molecule has 21 heavy (non-hydrogen) atoms. The summed E-state index contributed by atoms with van der Waals surface area (Å²) in [7, 11) is 0. The average Bonchev–Trinajstić information content (AvgIpc) is 2.97. The van der Waals surface area contributed by atoms with E-state index in [1.54, 1.807) is 12.1 Å². The number of hydrogen-bond donors (Lipinski definition) is 0. The summed E-state index contributed by atoms with van der Waals surface area (Å²) in [5, 5.41) is 0.623. The fraction of sp³-hybridized carbons (Fsp3) is 0.353. The van der Waals surface area contributed by atoms with Gasteiger partial charge in [0.25, 0.3) is 5.91 Å². The lowest BCUT2D eigenvalue weighted by atomic mass is 9.99. The summed E-state index contributed by atoms with van der Waals surface area (Å²) >= 11 is 6.16. The molecule has 1 aromatic heterocycles. The van der Waals surface area contributed by atoms with Crippen molar-refractivity contribution in [2.24, 2.45) is 5.92 Å². The number of likely N-dealkylation sites (tertiary alicyclic amines) is 1. The van der Waals surface area contributed by atoms with Gasteiger partial charge in [-0.2, -0.15) is 0 Å². The molecule has 4 heteroatoms. The molecule has 0 aliphatic carbocycles. The predicted molar refractivity (Wildman–Crippen MR) is 83.5 cm³/mol. The highest BCUT2D eigenvalue weighted by Crippen LogP contribution is 2.29. The Balaban J connectivity index is 1.79. The Morgan fingerprint density at radius 1 is 1.19 bits per heavy atom. The topological polar surface area (TPSA) is 33.5 Å². The third-order valence-electron chi connectivity index (χ3n) is 4.03. The fourth-order valence-electron chi connectivity index (χ4n) is 2.63. The zero-order valence-electron chi connectivity index (χ0n) is 12.0. The molecular formula is C17H18ClNO2. The van der Waals surface area contributed by atoms with Crippen LogP contribution in [0.1, 0.15) is 30.3 Å². The number of piperidine rings is 1. The van der Waals surface area contributed by atoms with Gasteiger partial charge < -0.3 is 9.32 Å². The van der Waals surface area contributed by atoms with Crippen molar-refractivity contribution >= 4 is 17.5 Å². The van der Waals surface area contributed by atoms with E-state index in [4.69, 9.17) is 16.0 Å². The molecule has 1 fully saturated rings. The van der Waals surface area contributed by atoms with Crippen LogP contribution in [0.15, 0.2) is 40.8 Å². The number of furan rings is 1. The summed E-state index contributed by atoms with van der Waals surface area (Å²) < 4.78 is 5.72. The fourth-order valence-corrected chi connectivity index (χ4v) is 2.85. The second-order valence-electron chi connectivity index (χ2n) is 5.62. The van der Waals surface area contributed by atoms with Gasteiger partial charge in [0.1, 0.15) is 5.76 Å². The van der Waals surface area contributed by atoms with E-state index in [1.807, 2.05) is 29.2 Å². The van der Waals surface area contributed by atoms with Crippen LogP contribution >= 0.6 is 11.6 Å². The van der Waals surface area contributed by atoms with Crippen LogP contribution in [0.2, 0.25) is 5.02 Å². The smallest absolute Gasteiger partial charge is 0.289 e. The van der Waals surface area contributed by atoms with Gasteiger partial charge in [-0.15, -0.1) is 0 Å². The van der Waals surface area contributed by atoms with Gasteiger partial charge in [-0.3, -0.25) is 4.79 Å². The van der Waals surface area contributed by atoms with Crippen LogP contribution < -0.4 is 0 Å². The normalized spacial score (nSPS) is 16.2. The number of carbonyl (C=O) groups is 1. The van der Waals surface area contributed by atoms with Crippen molar-refractivity contribution in [1.29, 1.82) is 0 Å². The number of rotatable bonds is 2. The third kappa shape index (κ3) is 2.98. The lowest BCUT2D eigenvalue weighted by Crippen LogP contribution is -2.37. The zero-order chi connectivity index (χ0) is 14.8. The van der Waals surface area contributed by atoms with Crippen LogP contribution in [0.25, 0.3) is 11.3 Å². The van der Waals surface area contributed by atoms with Crippen molar-refractivity contribution < 1.29 is 9.21 Å². The summed E-state index contributed by atoms with van der Waals surface area (Å²) in [6, 6.07) is 11.0. The van der Waals surface area contributed by atoms with Crippen molar-refractivity contribution in [1.82, 2.24) is 4.90 Å². The highest BCUT2D eigenvalue weighted by molar-refractivity contribution is 6.33. The van der Waals surface area contributed by atoms with Crippen molar-refractivity contribution in [3.63, 3.8) is 0 Å². The molecule has 2 aromatic rings. The third-order valence-corrected chi connectivity index (χ3v) is 4.36. The largest absolute Gasteiger partial charge is 0.451 e. The Labute approximate surface area is 129 Å². The maximum Gasteiger partial charge on any atom is 0.289 e. The Hall–Kier alpha value is -1.74. The zero-order valence-corrected chi connectivity index (χ0v) is 12.8. The number of hydrogen-bond acceptors (Lipinski definition) is 2. The Morgan fingerprint density at radius 3 is 2.62 bits per heavy atom. The minimum absolute atomic E-state index is 0.0276. The molecule has 0 spiro atoms. The first-order valence-electron chi connectivity index (χ1n) is 7.29. The molecule has 2 heterocycles. The Kier molecular flexibility index (Phi) is 4.02. The molecule has 1 amide bonds. The monoisotopic (exact) mass is 303 g/mol. The van der Waals surface area contributed by atoms with Gasteiger partial charge in [0.15, 0.2) is 5.76 Å². The van der Waals surface area contributed by atoms with E-state index in [2.05, 4.69) is 6.92 Å². The first kappa shape index (κ1) is 14.2. The molecule has 3 nitrogen and oxygen atoms in total. The number of halogens is 1. The lowest BCUT2D eigenvalue weighted by molar-refractivity contribution is 0.0666. The molecule has 1 aliphatic heterocycles. The summed E-state index contributed by atoms with van der Waals surface area (Å²) in [5.74, 6) is 1.69. The first-order valence-corrected chi connectivity index (χ1v) is 7.67. The van der Waals surface area contributed by atoms with Gasteiger partial charge in [-0.1, -0.05) is 30.7 Å². The molecule has 0 saturated carbocycles. The van der Waals surface area contributed by atoms with Gasteiger partial charge in [0.05, 0.1) is 5.02 Å². The van der Waals surface area contributed by atoms with E-state index in [0.717, 1.165) is 31.5 Å². The van der Waals surface area contributed by atoms with Gasteiger partial charge in [-0.05, 0) is 43.0 Å². The highest BCUT2D eigenvalue weighted by atomic mass is 35.5. The minimum atomic E-state index is -0.0276. The molecule has 3 rings (SSSR count). The standard InChI is InChI=1S/C17H18ClNO2/c1-12-8-10-19(11-9-12)17(20)16-7-6-15(21-16)13-4-2-3-5-14(13)18/h2-7,12H,8-11H2,1H3. The molecule has 1 aromatic carbocycles. The number of amides is 1. The summed E-state index contributed by atoms with van der Waals surface area (Å²) in [4.78, 5) is 14.3. The molecule has 0 atom stereocenters. The molecule has 110 valence electrons. The van der Waals surface area contributed by atoms with Gasteiger partial charge in [0.2, 0.25) is 0 Å². The number of nitrogens with zero attached hydrogens (tertiary/aromatic N) is 1. The van der Waals surface area contributed by atoms with Crippen molar-refractivity contribution in [3.05, 3.63) is 47.2 Å². The van der Waals surface area contributed by atoms with E-state index in [9.17, 15) is 4.79 Å². The summed E-state index contributed by atoms with van der Waals surface area (Å²) in [5.41, 5.74) is 0.811. The minimum Gasteiger partial charge on any atom is -0.451 e. The van der Waals surface area contributed by atoms with Crippen LogP contribution in [0.3, 0.4) is 0 Å². The second-order valence-corrected chi connectivity index (χ2v) is 6.03. The van der Waals surface area contributed by atoms with Crippen LogP contribution in [-0.2, 0) is 0 Å². The van der Waals surface area contributed by atoms with E-state index in [1.165, 1.54) is 0 Å². The van der Waals surface area contributed by atoms with Crippen LogP contribution in [-0.4, -0.2) is 23.9 Å². The second kappa shape index (κ2) is 5.94. The number of benzene rings is 1. The van der Waals surface area contributed by atoms with Crippen LogP contribution in [0.5, 0.6) is 0 Å². The molecule has 0 radical (unpaired) electrons. The molecule has 1 saturated heterocycles. The van der Waals surface area contributed by atoms with E-state index in [0.29, 0.717) is 22.5 Å². The molecule has 0 N–H and O–H groups in total.